The summed E-state index contributed by atoms with van der Waals surface area (Å²) in [5.74, 6) is 0.337. The zero-order valence-corrected chi connectivity index (χ0v) is 12.8. The number of benzene rings is 1. The highest BCUT2D eigenvalue weighted by molar-refractivity contribution is 9.10. The molecule has 0 fully saturated rings. The van der Waals surface area contributed by atoms with Gasteiger partial charge in [0, 0.05) is 21.3 Å². The van der Waals surface area contributed by atoms with Gasteiger partial charge >= 0.3 is 0 Å². The highest BCUT2D eigenvalue weighted by atomic mass is 79.9. The molecule has 1 N–H and O–H groups in total. The van der Waals surface area contributed by atoms with Crippen molar-refractivity contribution in [3.63, 3.8) is 0 Å². The number of hydrogen-bond acceptors (Lipinski definition) is 2. The molecule has 1 aromatic carbocycles. The van der Waals surface area contributed by atoms with Gasteiger partial charge in [0.25, 0.3) is 5.91 Å². The second kappa shape index (κ2) is 5.72. The molecule has 0 unspecified atom stereocenters. The third-order valence-corrected chi connectivity index (χ3v) is 3.79. The van der Waals surface area contributed by atoms with Crippen molar-refractivity contribution in [2.45, 2.75) is 13.8 Å². The Kier molecular flexibility index (Phi) is 4.22. The normalized spacial score (nSPS) is 10.3. The van der Waals surface area contributed by atoms with Crippen LogP contribution in [0.25, 0.3) is 0 Å². The molecule has 1 amide bonds. The lowest BCUT2D eigenvalue weighted by atomic mass is 10.1. The van der Waals surface area contributed by atoms with E-state index in [4.69, 9.17) is 11.6 Å². The lowest BCUT2D eigenvalue weighted by Crippen LogP contribution is -2.14. The van der Waals surface area contributed by atoms with E-state index in [0.717, 1.165) is 15.6 Å². The van der Waals surface area contributed by atoms with Gasteiger partial charge in [-0.15, -0.1) is 0 Å². The van der Waals surface area contributed by atoms with E-state index < -0.39 is 0 Å². The van der Waals surface area contributed by atoms with Gasteiger partial charge in [-0.1, -0.05) is 11.6 Å². The molecule has 2 rings (SSSR count). The SMILES string of the molecule is Cc1cc(NC(=O)c2ccc(Cl)cc2C)ncc1Br. The van der Waals surface area contributed by atoms with Gasteiger partial charge in [0.1, 0.15) is 5.82 Å². The third-order valence-electron chi connectivity index (χ3n) is 2.72. The summed E-state index contributed by atoms with van der Waals surface area (Å²) in [5.41, 5.74) is 2.43. The van der Waals surface area contributed by atoms with Crippen molar-refractivity contribution >= 4 is 39.3 Å². The number of halogens is 2. The molecule has 0 saturated heterocycles. The average Bonchev–Trinajstić information content (AvgIpc) is 2.33. The van der Waals surface area contributed by atoms with E-state index >= 15 is 0 Å². The lowest BCUT2D eigenvalue weighted by molar-refractivity contribution is 0.102. The summed E-state index contributed by atoms with van der Waals surface area (Å²) >= 11 is 9.24. The molecule has 1 aromatic heterocycles. The highest BCUT2D eigenvalue weighted by Crippen LogP contribution is 2.19. The molecule has 0 aliphatic rings. The van der Waals surface area contributed by atoms with Gasteiger partial charge in [-0.3, -0.25) is 4.79 Å². The van der Waals surface area contributed by atoms with Crippen molar-refractivity contribution in [2.75, 3.05) is 5.32 Å². The van der Waals surface area contributed by atoms with Gasteiger partial charge in [0.2, 0.25) is 0 Å². The maximum Gasteiger partial charge on any atom is 0.257 e. The minimum absolute atomic E-state index is 0.191. The molecular formula is C14H12BrClN2O. The van der Waals surface area contributed by atoms with Crippen molar-refractivity contribution in [3.8, 4) is 0 Å². The van der Waals surface area contributed by atoms with Crippen LogP contribution in [0.4, 0.5) is 5.82 Å². The fourth-order valence-electron chi connectivity index (χ4n) is 1.67. The van der Waals surface area contributed by atoms with Crippen LogP contribution in [0.15, 0.2) is 34.9 Å². The molecule has 0 atom stereocenters. The smallest absolute Gasteiger partial charge is 0.257 e. The van der Waals surface area contributed by atoms with Crippen molar-refractivity contribution in [2.24, 2.45) is 0 Å². The van der Waals surface area contributed by atoms with E-state index in [2.05, 4.69) is 26.2 Å². The molecule has 5 heteroatoms. The molecule has 0 bridgehead atoms. The number of aryl methyl sites for hydroxylation is 2. The van der Waals surface area contributed by atoms with Crippen LogP contribution < -0.4 is 5.32 Å². The van der Waals surface area contributed by atoms with Crippen LogP contribution in [-0.2, 0) is 0 Å². The summed E-state index contributed by atoms with van der Waals surface area (Å²) in [5, 5.41) is 3.39. The summed E-state index contributed by atoms with van der Waals surface area (Å²) in [6.45, 7) is 3.79. The Morgan fingerprint density at radius 1 is 1.26 bits per heavy atom. The van der Waals surface area contributed by atoms with Gasteiger partial charge in [-0.05, 0) is 65.2 Å². The highest BCUT2D eigenvalue weighted by Gasteiger charge is 2.10. The first-order valence-electron chi connectivity index (χ1n) is 5.67. The number of hydrogen-bond donors (Lipinski definition) is 1. The molecule has 19 heavy (non-hydrogen) atoms. The molecule has 98 valence electrons. The number of carbonyl (C=O) groups is 1. The maximum atomic E-state index is 12.1. The molecule has 0 aliphatic carbocycles. The Hall–Kier alpha value is -1.39. The lowest BCUT2D eigenvalue weighted by Gasteiger charge is -2.08. The van der Waals surface area contributed by atoms with E-state index in [0.29, 0.717) is 16.4 Å². The molecule has 0 aliphatic heterocycles. The van der Waals surface area contributed by atoms with Crippen molar-refractivity contribution in [1.29, 1.82) is 0 Å². The van der Waals surface area contributed by atoms with Crippen LogP contribution in [0.3, 0.4) is 0 Å². The summed E-state index contributed by atoms with van der Waals surface area (Å²) < 4.78 is 0.910. The summed E-state index contributed by atoms with van der Waals surface area (Å²) in [6, 6.07) is 6.98. The Morgan fingerprint density at radius 3 is 2.63 bits per heavy atom. The molecular weight excluding hydrogens is 328 g/mol. The van der Waals surface area contributed by atoms with E-state index in [1.807, 2.05) is 19.9 Å². The summed E-state index contributed by atoms with van der Waals surface area (Å²) in [4.78, 5) is 16.3. The molecule has 1 heterocycles. The predicted molar refractivity (Wildman–Crippen MR) is 80.8 cm³/mol. The first-order valence-corrected chi connectivity index (χ1v) is 6.84. The van der Waals surface area contributed by atoms with Crippen LogP contribution in [0.2, 0.25) is 5.02 Å². The molecule has 3 nitrogen and oxygen atoms in total. The second-order valence-electron chi connectivity index (χ2n) is 4.23. The Morgan fingerprint density at radius 2 is 2.00 bits per heavy atom. The Balaban J connectivity index is 2.23. The second-order valence-corrected chi connectivity index (χ2v) is 5.52. The van der Waals surface area contributed by atoms with Gasteiger partial charge in [0.15, 0.2) is 0 Å². The Labute approximate surface area is 125 Å². The standard InChI is InChI=1S/C14H12BrClN2O/c1-8-5-10(16)3-4-11(8)14(19)18-13-6-9(2)12(15)7-17-13/h3-7H,1-2H3,(H,17,18,19). The van der Waals surface area contributed by atoms with Gasteiger partial charge < -0.3 is 5.32 Å². The van der Waals surface area contributed by atoms with Gasteiger partial charge in [-0.2, -0.15) is 0 Å². The van der Waals surface area contributed by atoms with E-state index in [1.54, 1.807) is 24.4 Å². The molecule has 0 saturated carbocycles. The third kappa shape index (κ3) is 3.33. The van der Waals surface area contributed by atoms with Crippen LogP contribution in [0, 0.1) is 13.8 Å². The fourth-order valence-corrected chi connectivity index (χ4v) is 2.12. The zero-order chi connectivity index (χ0) is 14.0. The van der Waals surface area contributed by atoms with E-state index in [9.17, 15) is 4.79 Å². The topological polar surface area (TPSA) is 42.0 Å². The first kappa shape index (κ1) is 14.0. The number of nitrogens with one attached hydrogen (secondary N) is 1. The summed E-state index contributed by atoms with van der Waals surface area (Å²) in [7, 11) is 0. The predicted octanol–water partition coefficient (Wildman–Crippen LogP) is 4.37. The number of carbonyl (C=O) groups excluding carboxylic acids is 1. The number of pyridine rings is 1. The maximum absolute atomic E-state index is 12.1. The minimum atomic E-state index is -0.191. The van der Waals surface area contributed by atoms with Crippen molar-refractivity contribution < 1.29 is 4.79 Å². The number of amides is 1. The number of rotatable bonds is 2. The number of nitrogens with zero attached hydrogens (tertiary/aromatic N) is 1. The molecule has 2 aromatic rings. The monoisotopic (exact) mass is 338 g/mol. The zero-order valence-electron chi connectivity index (χ0n) is 10.5. The first-order chi connectivity index (χ1) is 8.97. The molecule has 0 radical (unpaired) electrons. The van der Waals surface area contributed by atoms with Crippen LogP contribution in [0.5, 0.6) is 0 Å². The van der Waals surface area contributed by atoms with Crippen molar-refractivity contribution in [1.82, 2.24) is 4.98 Å². The van der Waals surface area contributed by atoms with Crippen LogP contribution in [0.1, 0.15) is 21.5 Å². The number of aromatic nitrogens is 1. The van der Waals surface area contributed by atoms with E-state index in [1.165, 1.54) is 0 Å². The van der Waals surface area contributed by atoms with Crippen molar-refractivity contribution in [3.05, 3.63) is 56.6 Å². The largest absolute Gasteiger partial charge is 0.307 e. The van der Waals surface area contributed by atoms with Gasteiger partial charge in [-0.25, -0.2) is 4.98 Å². The quantitative estimate of drug-likeness (QED) is 0.883. The van der Waals surface area contributed by atoms with E-state index in [-0.39, 0.29) is 5.91 Å². The fraction of sp³-hybridized carbons (Fsp3) is 0.143. The minimum Gasteiger partial charge on any atom is -0.307 e. The van der Waals surface area contributed by atoms with Crippen LogP contribution >= 0.6 is 27.5 Å². The number of anilines is 1. The Bertz CT molecular complexity index is 643. The average molecular weight is 340 g/mol. The van der Waals surface area contributed by atoms with Crippen LogP contribution in [-0.4, -0.2) is 10.9 Å². The summed E-state index contributed by atoms with van der Waals surface area (Å²) in [6.07, 6.45) is 1.67. The van der Waals surface area contributed by atoms with Gasteiger partial charge in [0.05, 0.1) is 0 Å². The molecule has 0 spiro atoms.